The van der Waals surface area contributed by atoms with Gasteiger partial charge in [-0.15, -0.1) is 0 Å². The molecule has 2 amide bonds. The minimum absolute atomic E-state index is 0.0701. The van der Waals surface area contributed by atoms with Crippen LogP contribution in [0.2, 0.25) is 0 Å². The summed E-state index contributed by atoms with van der Waals surface area (Å²) in [6, 6.07) is 1.37. The van der Waals surface area contributed by atoms with Gasteiger partial charge >= 0.3 is 5.97 Å². The third-order valence-corrected chi connectivity index (χ3v) is 3.84. The van der Waals surface area contributed by atoms with Gasteiger partial charge in [0.05, 0.1) is 6.26 Å². The van der Waals surface area contributed by atoms with E-state index in [-0.39, 0.29) is 31.3 Å². The van der Waals surface area contributed by atoms with Gasteiger partial charge in [-0.3, -0.25) is 14.6 Å². The fourth-order valence-corrected chi connectivity index (χ4v) is 2.50. The van der Waals surface area contributed by atoms with Gasteiger partial charge < -0.3 is 31.6 Å². The topological polar surface area (TPSA) is 173 Å². The molecule has 0 radical (unpaired) electrons. The molecule has 0 unspecified atom stereocenters. The average molecular weight is 407 g/mol. The lowest BCUT2D eigenvalue weighted by Gasteiger charge is -2.22. The van der Waals surface area contributed by atoms with Crippen LogP contribution in [0.25, 0.3) is 6.08 Å². The maximum Gasteiger partial charge on any atom is 0.326 e. The Labute approximate surface area is 169 Å². The lowest BCUT2D eigenvalue weighted by Crippen LogP contribution is -2.51. The molecule has 1 aromatic heterocycles. The molecule has 0 aliphatic rings. The number of guanidine groups is 1. The lowest BCUT2D eigenvalue weighted by atomic mass is 10.0. The van der Waals surface area contributed by atoms with Gasteiger partial charge in [0, 0.05) is 12.6 Å². The van der Waals surface area contributed by atoms with Crippen molar-refractivity contribution in [3.05, 3.63) is 30.2 Å². The van der Waals surface area contributed by atoms with Crippen molar-refractivity contribution < 1.29 is 23.9 Å². The van der Waals surface area contributed by atoms with Crippen molar-refractivity contribution in [2.24, 2.45) is 22.4 Å². The molecule has 7 N–H and O–H groups in total. The predicted molar refractivity (Wildman–Crippen MR) is 109 cm³/mol. The number of rotatable bonds is 12. The third kappa shape index (κ3) is 9.99. The first kappa shape index (κ1) is 23.7. The van der Waals surface area contributed by atoms with E-state index in [9.17, 15) is 19.5 Å². The lowest BCUT2D eigenvalue weighted by molar-refractivity contribution is -0.142. The Morgan fingerprint density at radius 2 is 1.97 bits per heavy atom. The Kier molecular flexibility index (Phi) is 10.00. The number of nitrogens with zero attached hydrogens (tertiary/aromatic N) is 1. The Bertz CT molecular complexity index is 723. The molecule has 2 atom stereocenters. The van der Waals surface area contributed by atoms with E-state index in [1.807, 2.05) is 13.8 Å². The maximum absolute atomic E-state index is 12.6. The highest BCUT2D eigenvalue weighted by Crippen LogP contribution is 2.07. The van der Waals surface area contributed by atoms with Gasteiger partial charge in [0.1, 0.15) is 17.8 Å². The van der Waals surface area contributed by atoms with Crippen LogP contribution in [-0.4, -0.2) is 47.5 Å². The number of furan rings is 1. The zero-order valence-corrected chi connectivity index (χ0v) is 16.6. The van der Waals surface area contributed by atoms with E-state index in [0.717, 1.165) is 0 Å². The quantitative estimate of drug-likeness (QED) is 0.145. The van der Waals surface area contributed by atoms with E-state index in [4.69, 9.17) is 15.9 Å². The summed E-state index contributed by atoms with van der Waals surface area (Å²) in [6.07, 6.45) is 5.09. The van der Waals surface area contributed by atoms with Crippen molar-refractivity contribution in [3.63, 3.8) is 0 Å². The molecule has 10 heteroatoms. The molecule has 0 saturated heterocycles. The van der Waals surface area contributed by atoms with E-state index in [1.54, 1.807) is 12.1 Å². The van der Waals surface area contributed by atoms with Crippen LogP contribution in [0.5, 0.6) is 0 Å². The number of hydrogen-bond donors (Lipinski definition) is 5. The fourth-order valence-electron chi connectivity index (χ4n) is 2.50. The molecule has 0 spiro atoms. The largest absolute Gasteiger partial charge is 0.480 e. The summed E-state index contributed by atoms with van der Waals surface area (Å²) in [7, 11) is 0. The van der Waals surface area contributed by atoms with Crippen LogP contribution >= 0.6 is 0 Å². The molecule has 1 rings (SSSR count). The van der Waals surface area contributed by atoms with E-state index < -0.39 is 29.9 Å². The van der Waals surface area contributed by atoms with Crippen LogP contribution in [-0.2, 0) is 14.4 Å². The summed E-state index contributed by atoms with van der Waals surface area (Å²) in [4.78, 5) is 40.1. The number of nitrogens with two attached hydrogens (primary N) is 2. The Morgan fingerprint density at radius 3 is 2.52 bits per heavy atom. The second-order valence-electron chi connectivity index (χ2n) is 6.89. The van der Waals surface area contributed by atoms with Gasteiger partial charge in [0.25, 0.3) is 0 Å². The monoisotopic (exact) mass is 407 g/mol. The van der Waals surface area contributed by atoms with Crippen molar-refractivity contribution in [2.75, 3.05) is 6.54 Å². The number of carboxylic acid groups (broad SMARTS) is 1. The number of carbonyl (C=O) groups excluding carboxylic acids is 2. The molecule has 10 nitrogen and oxygen atoms in total. The molecule has 0 bridgehead atoms. The summed E-state index contributed by atoms with van der Waals surface area (Å²) in [5.74, 6) is -1.74. The van der Waals surface area contributed by atoms with Crippen LogP contribution in [0.3, 0.4) is 0 Å². The van der Waals surface area contributed by atoms with Gasteiger partial charge in [-0.05, 0) is 43.4 Å². The normalized spacial score (nSPS) is 13.1. The zero-order valence-electron chi connectivity index (χ0n) is 16.6. The first-order chi connectivity index (χ1) is 13.7. The van der Waals surface area contributed by atoms with Gasteiger partial charge in [0.2, 0.25) is 11.8 Å². The number of aliphatic carboxylic acids is 1. The Morgan fingerprint density at radius 1 is 1.24 bits per heavy atom. The predicted octanol–water partition coefficient (Wildman–Crippen LogP) is 0.447. The van der Waals surface area contributed by atoms with Gasteiger partial charge in [-0.1, -0.05) is 13.8 Å². The number of carboxylic acids is 1. The average Bonchev–Trinajstić information content (AvgIpc) is 3.14. The maximum atomic E-state index is 12.6. The molecular weight excluding hydrogens is 378 g/mol. The van der Waals surface area contributed by atoms with Crippen molar-refractivity contribution >= 4 is 29.8 Å². The third-order valence-electron chi connectivity index (χ3n) is 3.84. The molecule has 1 heterocycles. The van der Waals surface area contributed by atoms with Gasteiger partial charge in [0.15, 0.2) is 5.96 Å². The highest BCUT2D eigenvalue weighted by atomic mass is 16.4. The number of hydrogen-bond acceptors (Lipinski definition) is 5. The van der Waals surface area contributed by atoms with E-state index in [0.29, 0.717) is 12.2 Å². The van der Waals surface area contributed by atoms with Crippen LogP contribution in [0.1, 0.15) is 38.9 Å². The van der Waals surface area contributed by atoms with Crippen molar-refractivity contribution in [1.82, 2.24) is 10.6 Å². The summed E-state index contributed by atoms with van der Waals surface area (Å²) in [5, 5.41) is 14.4. The second-order valence-corrected chi connectivity index (χ2v) is 6.89. The minimum Gasteiger partial charge on any atom is -0.480 e. The highest BCUT2D eigenvalue weighted by Gasteiger charge is 2.26. The molecule has 0 aliphatic carbocycles. The van der Waals surface area contributed by atoms with E-state index in [1.165, 1.54) is 18.4 Å². The molecule has 0 aromatic carbocycles. The fraction of sp³-hybridized carbons (Fsp3) is 0.474. The van der Waals surface area contributed by atoms with Crippen LogP contribution in [0.4, 0.5) is 0 Å². The number of amides is 2. The molecule has 0 aliphatic heterocycles. The second kappa shape index (κ2) is 12.2. The number of aliphatic imine (C=N–C) groups is 1. The van der Waals surface area contributed by atoms with Crippen LogP contribution in [0.15, 0.2) is 33.9 Å². The molecule has 0 saturated carbocycles. The standard InChI is InChI=1S/C19H29N5O5/c1-12(2)11-15(18(27)28)24-17(26)14(6-3-9-22-19(20)21)23-16(25)8-7-13-5-4-10-29-13/h4-5,7-8,10,12,14-15H,3,6,9,11H2,1-2H3,(H,23,25)(H,24,26)(H,27,28)(H4,20,21,22)/b8-7+/t14-,15+/m1/s1. The SMILES string of the molecule is CC(C)C[C@H](NC(=O)[C@@H](CCCN=C(N)N)NC(=O)/C=C/c1ccco1)C(=O)O. The molecule has 29 heavy (non-hydrogen) atoms. The molecule has 0 fully saturated rings. The van der Waals surface area contributed by atoms with E-state index >= 15 is 0 Å². The first-order valence-corrected chi connectivity index (χ1v) is 9.29. The molecular formula is C19H29N5O5. The first-order valence-electron chi connectivity index (χ1n) is 9.29. The van der Waals surface area contributed by atoms with Crippen LogP contribution in [0, 0.1) is 5.92 Å². The highest BCUT2D eigenvalue weighted by molar-refractivity contribution is 5.96. The van der Waals surface area contributed by atoms with Crippen LogP contribution < -0.4 is 22.1 Å². The Hall–Kier alpha value is -3.30. The van der Waals surface area contributed by atoms with E-state index in [2.05, 4.69) is 15.6 Å². The van der Waals surface area contributed by atoms with Crippen molar-refractivity contribution in [2.45, 2.75) is 45.2 Å². The van der Waals surface area contributed by atoms with Gasteiger partial charge in [-0.2, -0.15) is 0 Å². The molecule has 160 valence electrons. The summed E-state index contributed by atoms with van der Waals surface area (Å²) in [6.45, 7) is 3.99. The summed E-state index contributed by atoms with van der Waals surface area (Å²) in [5.41, 5.74) is 10.6. The van der Waals surface area contributed by atoms with Crippen molar-refractivity contribution in [1.29, 1.82) is 0 Å². The van der Waals surface area contributed by atoms with Crippen molar-refractivity contribution in [3.8, 4) is 0 Å². The summed E-state index contributed by atoms with van der Waals surface area (Å²) >= 11 is 0. The smallest absolute Gasteiger partial charge is 0.326 e. The molecule has 1 aromatic rings. The number of nitrogens with one attached hydrogen (secondary N) is 2. The minimum atomic E-state index is -1.13. The Balaban J connectivity index is 2.79. The van der Waals surface area contributed by atoms with Gasteiger partial charge in [-0.25, -0.2) is 4.79 Å². The summed E-state index contributed by atoms with van der Waals surface area (Å²) < 4.78 is 5.10. The number of carbonyl (C=O) groups is 3. The zero-order chi connectivity index (χ0) is 21.8.